The van der Waals surface area contributed by atoms with Crippen molar-refractivity contribution in [2.45, 2.75) is 148 Å². The molecule has 1 aromatic heterocycles. The molecule has 510 valence electrons. The molecule has 0 radical (unpaired) electrons. The topological polar surface area (TPSA) is 35.9 Å². The molecule has 1 heterocycles. The summed E-state index contributed by atoms with van der Waals surface area (Å²) >= 11 is 0. The van der Waals surface area contributed by atoms with Gasteiger partial charge in [0.25, 0.3) is 0 Å². The number of ether oxygens (including phenoxy) is 3. The Morgan fingerprint density at radius 1 is 0.610 bits per heavy atom. The first kappa shape index (κ1) is 68.0. The van der Waals surface area contributed by atoms with Gasteiger partial charge in [-0.05, 0) is 242 Å². The molecule has 0 spiro atoms. The highest BCUT2D eigenvalue weighted by Crippen LogP contribution is 2.57. The van der Waals surface area contributed by atoms with Crippen molar-refractivity contribution in [1.29, 1.82) is 0 Å². The predicted octanol–water partition coefficient (Wildman–Crippen LogP) is 23.0. The minimum atomic E-state index is -0.348. The average molecular weight is 1320 g/mol. The van der Waals surface area contributed by atoms with E-state index in [1.54, 1.807) is 0 Å². The standard InChI is InChI=1S/C95H102N2O3/c1-8-69-30-51-83(52-31-69)98-60-20-10-11-21-61-99-84-55-48-81(49-56-84)97-92-58-40-75(73-34-42-77(43-35-73)94(5,6)7)62-88(92)89-63-76(41-59-93(89)97)74-38-46-80(47-39-74)96(79-44-36-72(37-45-79)71-22-14-12-15-23-71)82-50-57-87-86-26-18-19-27-90(86)95(91(87)64-82,78-24-16-13-17-25-78)65-67(3)28-29-68(4)66-100-85-53-32-70(9-2)33-54-85/h8-9,12-19,22-27,30-32,34-36,38-39,42,44-52,55-58,62-64,67-68,72,75,77,85H,1-2,10-11,20-21,28-29,33,37,40-41,43,53-54,59-61,65-66H2,3-7H3. The lowest BCUT2D eigenvalue weighted by Crippen LogP contribution is -2.33. The summed E-state index contributed by atoms with van der Waals surface area (Å²) in [4.78, 5) is 2.54. The Hall–Kier alpha value is -9.16. The zero-order chi connectivity index (χ0) is 68.6. The van der Waals surface area contributed by atoms with E-state index in [2.05, 4.69) is 270 Å². The number of benzene rings is 7. The number of hydrogen-bond donors (Lipinski definition) is 0. The monoisotopic (exact) mass is 1320 g/mol. The number of hydrogen-bond acceptors (Lipinski definition) is 4. The maximum atomic E-state index is 6.57. The van der Waals surface area contributed by atoms with Crippen molar-refractivity contribution in [3.05, 3.63) is 310 Å². The van der Waals surface area contributed by atoms with Crippen LogP contribution in [0.5, 0.6) is 11.5 Å². The first-order valence-electron chi connectivity index (χ1n) is 37.6. The van der Waals surface area contributed by atoms with Gasteiger partial charge in [0.2, 0.25) is 0 Å². The van der Waals surface area contributed by atoms with Gasteiger partial charge in [-0.1, -0.05) is 236 Å². The first-order valence-corrected chi connectivity index (χ1v) is 37.6. The molecule has 6 aliphatic rings. The highest BCUT2D eigenvalue weighted by molar-refractivity contribution is 5.88. The summed E-state index contributed by atoms with van der Waals surface area (Å²) in [5.41, 5.74) is 22.1. The van der Waals surface area contributed by atoms with Gasteiger partial charge in [0, 0.05) is 68.4 Å². The third kappa shape index (κ3) is 14.9. The van der Waals surface area contributed by atoms with Crippen LogP contribution in [0.3, 0.4) is 0 Å². The normalized spacial score (nSPS) is 20.3. The van der Waals surface area contributed by atoms with Gasteiger partial charge in [-0.15, -0.1) is 0 Å². The van der Waals surface area contributed by atoms with E-state index in [1.165, 1.54) is 94.6 Å². The molecule has 0 N–H and O–H groups in total. The lowest BCUT2D eigenvalue weighted by atomic mass is 9.67. The molecule has 0 amide bonds. The van der Waals surface area contributed by atoms with Crippen LogP contribution in [0, 0.1) is 29.1 Å². The molecule has 6 aliphatic carbocycles. The molecule has 5 nitrogen and oxygen atoms in total. The van der Waals surface area contributed by atoms with E-state index in [1.807, 2.05) is 36.4 Å². The van der Waals surface area contributed by atoms with Crippen molar-refractivity contribution in [2.75, 3.05) is 24.7 Å². The van der Waals surface area contributed by atoms with Crippen LogP contribution in [-0.4, -0.2) is 30.5 Å². The van der Waals surface area contributed by atoms with Gasteiger partial charge in [-0.25, -0.2) is 0 Å². The molecular formula is C95H102N2O3. The Labute approximate surface area is 596 Å². The number of nitrogens with zero attached hydrogens (tertiary/aromatic N) is 2. The van der Waals surface area contributed by atoms with E-state index < -0.39 is 0 Å². The summed E-state index contributed by atoms with van der Waals surface area (Å²) in [6.07, 6.45) is 44.4. The van der Waals surface area contributed by atoms with E-state index >= 15 is 0 Å². The smallest absolute Gasteiger partial charge is 0.119 e. The minimum Gasteiger partial charge on any atom is -0.494 e. The van der Waals surface area contributed by atoms with Gasteiger partial charge in [0.1, 0.15) is 11.5 Å². The van der Waals surface area contributed by atoms with Crippen molar-refractivity contribution >= 4 is 41.3 Å². The van der Waals surface area contributed by atoms with E-state index in [0.717, 1.165) is 132 Å². The zero-order valence-electron chi connectivity index (χ0n) is 59.9. The van der Waals surface area contributed by atoms with Crippen LogP contribution in [0.4, 0.5) is 11.4 Å². The summed E-state index contributed by atoms with van der Waals surface area (Å²) in [5, 5.41) is 2.66. The molecule has 0 saturated carbocycles. The largest absolute Gasteiger partial charge is 0.494 e. The lowest BCUT2D eigenvalue weighted by molar-refractivity contribution is 0.0243. The Bertz CT molecular complexity index is 4530. The summed E-state index contributed by atoms with van der Waals surface area (Å²) in [6.45, 7) is 22.1. The second-order valence-corrected chi connectivity index (χ2v) is 30.4. The fourth-order valence-electron chi connectivity index (χ4n) is 16.7. The molecule has 7 atom stereocenters. The maximum absolute atomic E-state index is 6.57. The Morgan fingerprint density at radius 2 is 1.30 bits per heavy atom. The number of fused-ring (bicyclic) bond motifs is 6. The number of aromatic nitrogens is 1. The fraction of sp³-hybridized carbons (Fsp3) is 0.326. The lowest BCUT2D eigenvalue weighted by Gasteiger charge is -2.37. The number of anilines is 2. The number of allylic oxidation sites excluding steroid dienone is 10. The van der Waals surface area contributed by atoms with E-state index in [0.29, 0.717) is 42.3 Å². The van der Waals surface area contributed by atoms with Crippen LogP contribution in [0.25, 0.3) is 46.7 Å². The van der Waals surface area contributed by atoms with E-state index in [9.17, 15) is 0 Å². The van der Waals surface area contributed by atoms with Gasteiger partial charge in [0.15, 0.2) is 0 Å². The van der Waals surface area contributed by atoms with Crippen LogP contribution < -0.4 is 24.9 Å². The highest BCUT2D eigenvalue weighted by atomic mass is 16.5. The third-order valence-corrected chi connectivity index (χ3v) is 22.5. The predicted molar refractivity (Wildman–Crippen MR) is 421 cm³/mol. The maximum Gasteiger partial charge on any atom is 0.119 e. The molecule has 8 aromatic rings. The van der Waals surface area contributed by atoms with Crippen molar-refractivity contribution in [3.63, 3.8) is 0 Å². The first-order chi connectivity index (χ1) is 48.9. The molecule has 0 aliphatic heterocycles. The summed E-state index contributed by atoms with van der Waals surface area (Å²) in [6, 6.07) is 65.7. The van der Waals surface area contributed by atoms with Crippen LogP contribution in [-0.2, 0) is 16.6 Å². The Kier molecular flexibility index (Phi) is 20.9. The molecule has 0 fully saturated rings. The van der Waals surface area contributed by atoms with Crippen LogP contribution in [0.2, 0.25) is 0 Å². The van der Waals surface area contributed by atoms with Crippen molar-refractivity contribution < 1.29 is 14.2 Å². The Balaban J connectivity index is 0.756. The molecule has 5 heteroatoms. The van der Waals surface area contributed by atoms with Crippen molar-refractivity contribution in [3.8, 4) is 28.3 Å². The highest BCUT2D eigenvalue weighted by Gasteiger charge is 2.46. The van der Waals surface area contributed by atoms with Crippen molar-refractivity contribution in [1.82, 2.24) is 4.57 Å². The molecular weight excluding hydrogens is 1220 g/mol. The van der Waals surface area contributed by atoms with Gasteiger partial charge < -0.3 is 23.7 Å². The second kappa shape index (κ2) is 30.8. The van der Waals surface area contributed by atoms with E-state index in [4.69, 9.17) is 14.2 Å². The molecule has 14 rings (SSSR count). The molecule has 7 aromatic carbocycles. The molecule has 0 bridgehead atoms. The quantitative estimate of drug-likeness (QED) is 0.0481. The van der Waals surface area contributed by atoms with Crippen LogP contribution in [0.1, 0.15) is 175 Å². The number of unbranched alkanes of at least 4 members (excludes halogenated alkanes) is 3. The SMILES string of the molecule is C=CC1=CCC(OCC(C)CCC(C)CC2(c3ccccc3)c3ccccc3-c3ccc(N(C4=CCC(c5ccccc5)C=C4)c4ccc(C5=Cc6c(n(-c7ccc(OCCCCCCOc8ccc(C=C)cc8)cc7)c7c6=CC(C6=CCC(C(C)(C)C)C=C6)CC=7)CC5)cc4)cc32)CC1. The summed E-state index contributed by atoms with van der Waals surface area (Å²) < 4.78 is 21.5. The minimum absolute atomic E-state index is 0.234. The van der Waals surface area contributed by atoms with Gasteiger partial charge in [-0.2, -0.15) is 0 Å². The van der Waals surface area contributed by atoms with Gasteiger partial charge in [-0.3, -0.25) is 0 Å². The second-order valence-electron chi connectivity index (χ2n) is 30.4. The third-order valence-electron chi connectivity index (χ3n) is 22.5. The molecule has 100 heavy (non-hydrogen) atoms. The van der Waals surface area contributed by atoms with Gasteiger partial charge >= 0.3 is 0 Å². The molecule has 0 saturated heterocycles. The average Bonchev–Trinajstić information content (AvgIpc) is 1.55. The van der Waals surface area contributed by atoms with E-state index in [-0.39, 0.29) is 10.8 Å². The fourth-order valence-corrected chi connectivity index (χ4v) is 16.7. The van der Waals surface area contributed by atoms with Crippen molar-refractivity contribution in [2.24, 2.45) is 29.1 Å². The zero-order valence-corrected chi connectivity index (χ0v) is 59.9. The number of rotatable bonds is 27. The van der Waals surface area contributed by atoms with Gasteiger partial charge in [0.05, 0.1) is 19.3 Å². The van der Waals surface area contributed by atoms with Crippen LogP contribution in [0.15, 0.2) is 255 Å². The summed E-state index contributed by atoms with van der Waals surface area (Å²) in [5.74, 6) is 3.94. The summed E-state index contributed by atoms with van der Waals surface area (Å²) in [7, 11) is 0. The van der Waals surface area contributed by atoms with Crippen LogP contribution >= 0.6 is 0 Å². The molecule has 7 unspecified atom stereocenters. The Morgan fingerprint density at radius 3 is 1.98 bits per heavy atom.